The van der Waals surface area contributed by atoms with E-state index in [9.17, 15) is 68.7 Å². The number of ether oxygens (including phenoxy) is 1. The number of guanidine groups is 1. The molecule has 0 unspecified atom stereocenters. The van der Waals surface area contributed by atoms with Crippen LogP contribution in [0.4, 0.5) is 4.79 Å². The van der Waals surface area contributed by atoms with E-state index in [-0.39, 0.29) is 43.2 Å². The number of carbonyl (C=O) groups is 9. The van der Waals surface area contributed by atoms with Crippen LogP contribution >= 0.6 is 0 Å². The Bertz CT molecular complexity index is 2630. The first kappa shape index (κ1) is 65.8. The molecular weight excluding hydrogens is 1120 g/mol. The molecule has 3 aromatic rings. The summed E-state index contributed by atoms with van der Waals surface area (Å²) in [5, 5.41) is 68.9. The molecule has 4 rings (SSSR count). The summed E-state index contributed by atoms with van der Waals surface area (Å²) < 4.78 is 6.52. The number of aliphatic hydroxyl groups excluding tert-OH is 4. The van der Waals surface area contributed by atoms with E-state index in [4.69, 9.17) is 16.2 Å². The van der Waals surface area contributed by atoms with Crippen LogP contribution in [0, 0.1) is 11.8 Å². The van der Waals surface area contributed by atoms with Crippen molar-refractivity contribution in [1.82, 2.24) is 42.5 Å². The quantitative estimate of drug-likeness (QED) is 0.0128. The minimum atomic E-state index is -1.83. The topological polar surface area (TPSA) is 425 Å². The molecule has 26 nitrogen and oxygen atoms in total. The number of aliphatic imine (C=N–C) groups is 1. The Morgan fingerprint density at radius 1 is 0.580 bits per heavy atom. The zero-order valence-electron chi connectivity index (χ0n) is 45.6. The number of aliphatic hydroxyl groups is 4. The van der Waals surface area contributed by atoms with Crippen LogP contribution in [0.1, 0.15) is 70.9 Å². The zero-order valence-corrected chi connectivity index (χ0v) is 47.3. The molecule has 442 valence electrons. The number of nitrogens with one attached hydrogen (secondary N) is 8. The summed E-state index contributed by atoms with van der Waals surface area (Å²) >= 11 is -0.501. The van der Waals surface area contributed by atoms with E-state index >= 15 is 0 Å². The zero-order chi connectivity index (χ0) is 59.9. The molecule has 8 amide bonds. The number of hydrogen-bond donors (Lipinski definition) is 15. The number of carboxylic acid groups (broad SMARTS) is 1. The third kappa shape index (κ3) is 19.5. The maximum absolute atomic E-state index is 14.4. The van der Waals surface area contributed by atoms with E-state index in [1.165, 1.54) is 0 Å². The van der Waals surface area contributed by atoms with Crippen LogP contribution in [0.3, 0.4) is 0 Å². The summed E-state index contributed by atoms with van der Waals surface area (Å²) in [5.74, 6) is -10.3. The number of aliphatic carboxylic acids is 1. The molecule has 27 heteroatoms. The van der Waals surface area contributed by atoms with Gasteiger partial charge in [-0.3, -0.25) is 4.79 Å². The average molecular weight is 1200 g/mol. The van der Waals surface area contributed by atoms with Gasteiger partial charge in [0.2, 0.25) is 0 Å². The number of nitrogens with zero attached hydrogens (tertiary/aromatic N) is 1. The van der Waals surface area contributed by atoms with Gasteiger partial charge < -0.3 is 25.4 Å². The number of alkyl carbamates (subject to hydrolysis) is 1. The van der Waals surface area contributed by atoms with Gasteiger partial charge in [0, 0.05) is 5.92 Å². The van der Waals surface area contributed by atoms with E-state index in [1.807, 2.05) is 53.8 Å². The van der Waals surface area contributed by atoms with Gasteiger partial charge in [-0.15, -0.1) is 0 Å². The number of benzene rings is 3. The van der Waals surface area contributed by atoms with E-state index in [0.29, 0.717) is 6.42 Å². The van der Waals surface area contributed by atoms with Crippen molar-refractivity contribution in [2.45, 2.75) is 120 Å². The van der Waals surface area contributed by atoms with Crippen molar-refractivity contribution in [2.75, 3.05) is 33.0 Å². The van der Waals surface area contributed by atoms with Crippen molar-refractivity contribution in [3.05, 3.63) is 90.0 Å². The number of nitrogens with two attached hydrogens (primary N) is 2. The second kappa shape index (κ2) is 32.5. The number of hydrogen-bond acceptors (Lipinski definition) is 15. The van der Waals surface area contributed by atoms with Crippen molar-refractivity contribution < 1.29 is 73.4 Å². The molecule has 1 aliphatic rings. The molecule has 0 saturated carbocycles. The summed E-state index contributed by atoms with van der Waals surface area (Å²) in [6.45, 7) is 4.70. The molecule has 3 aromatic carbocycles. The Morgan fingerprint density at radius 2 is 1.04 bits per heavy atom. The van der Waals surface area contributed by atoms with Gasteiger partial charge in [0.05, 0.1) is 6.61 Å². The van der Waals surface area contributed by atoms with Crippen molar-refractivity contribution in [3.63, 3.8) is 0 Å². The summed E-state index contributed by atoms with van der Waals surface area (Å²) in [7, 11) is 0. The van der Waals surface area contributed by atoms with Crippen LogP contribution < -0.4 is 58.5 Å². The third-order valence-electron chi connectivity index (χ3n) is 13.2. The average Bonchev–Trinajstić information content (AvgIpc) is 3.82. The van der Waals surface area contributed by atoms with Gasteiger partial charge in [0.25, 0.3) is 0 Å². The minimum absolute atomic E-state index is 0.0117. The molecule has 0 bridgehead atoms. The van der Waals surface area contributed by atoms with Crippen LogP contribution in [-0.2, 0) is 43.1 Å². The number of carbonyl (C=O) groups excluding carboxylic acids is 8. The Labute approximate surface area is 474 Å². The Balaban J connectivity index is 1.50. The van der Waals surface area contributed by atoms with Crippen LogP contribution in [-0.4, -0.2) is 187 Å². The molecule has 0 fully saturated rings. The summed E-state index contributed by atoms with van der Waals surface area (Å²) in [6.07, 6.45) is -2.25. The van der Waals surface area contributed by atoms with Crippen LogP contribution in [0.2, 0.25) is 5.32 Å². The van der Waals surface area contributed by atoms with E-state index in [1.54, 1.807) is 58.0 Å². The molecule has 17 N–H and O–H groups in total. The maximum atomic E-state index is 14.4. The van der Waals surface area contributed by atoms with E-state index in [2.05, 4.69) is 42.2 Å². The summed E-state index contributed by atoms with van der Waals surface area (Å²) in [4.78, 5) is 125. The van der Waals surface area contributed by atoms with Crippen LogP contribution in [0.5, 0.6) is 0 Å². The fraction of sp³-hybridized carbons (Fsp3) is 0.481. The van der Waals surface area contributed by atoms with Crippen molar-refractivity contribution >= 4 is 78.8 Å². The third-order valence-corrected chi connectivity index (χ3v) is 15.5. The fourth-order valence-electron chi connectivity index (χ4n) is 8.47. The van der Waals surface area contributed by atoms with Gasteiger partial charge in [-0.2, -0.15) is 0 Å². The monoisotopic (exact) mass is 1200 g/mol. The van der Waals surface area contributed by atoms with Crippen molar-refractivity contribution in [3.8, 4) is 11.1 Å². The molecule has 0 radical (unpaired) electrons. The van der Waals surface area contributed by atoms with Gasteiger partial charge in [-0.1, -0.05) is 68.8 Å². The first-order chi connectivity index (χ1) is 38.5. The number of rotatable bonds is 32. The fourth-order valence-corrected chi connectivity index (χ4v) is 10.5. The second-order valence-corrected chi connectivity index (χ2v) is 21.8. The SMILES string of the molecule is CC[C@H](C)[C@H](NC(=O)OCC1c2ccccc2-c2ccccc21)C(=O)N[C@@H](CO)C(=O)N[C@H](C(=O)N[C@@H](C[Se]c1ccccc1)C(=O)N[C@@H](CCCN=C(N)N)C(=O)N[C@@H](CO)C(=O)N[C@H](C(=O)N[C@@H](CO)C(=O)O)[C@@H](C)O)C(C)C. The predicted molar refractivity (Wildman–Crippen MR) is 297 cm³/mol. The predicted octanol–water partition coefficient (Wildman–Crippen LogP) is -3.07. The molecule has 0 spiro atoms. The normalized spacial score (nSPS) is 15.4. The Morgan fingerprint density at radius 3 is 1.56 bits per heavy atom. The van der Waals surface area contributed by atoms with Gasteiger partial charge in [0.15, 0.2) is 0 Å². The molecule has 81 heavy (non-hydrogen) atoms. The molecule has 0 aliphatic heterocycles. The molecule has 1 aliphatic carbocycles. The van der Waals surface area contributed by atoms with E-state index in [0.717, 1.165) is 33.6 Å². The molecular formula is C54H75N11O15Se. The first-order valence-electron chi connectivity index (χ1n) is 26.3. The van der Waals surface area contributed by atoms with E-state index < -0.39 is 154 Å². The number of carboxylic acids is 1. The van der Waals surface area contributed by atoms with Crippen molar-refractivity contribution in [2.24, 2.45) is 28.3 Å². The Kier molecular flexibility index (Phi) is 26.4. The molecule has 0 saturated heterocycles. The van der Waals surface area contributed by atoms with Gasteiger partial charge >= 0.3 is 314 Å². The number of amides is 8. The van der Waals surface area contributed by atoms with Crippen LogP contribution in [0.15, 0.2) is 83.9 Å². The standard InChI is InChI=1S/C54H75N11O15Se/c1-6-29(4)43(65-54(79)80-26-36-34-19-12-10-17-32(34)33-18-11-13-20-35(33)36)50(75)60-39(24-67)46(71)63-42(28(2)3)49(74)62-41(27-81-31-15-8-7-9-16-31)48(73)58-37(21-14-22-57-53(55)56)45(70)59-38(23-66)47(72)64-44(30(5)69)51(76)61-40(25-68)52(77)78/h7-13,15-20,28-30,36-44,66-69H,6,14,21-27H2,1-5H3,(H,58,73)(H,59,70)(H,60,75)(H,61,76)(H,62,74)(H,63,71)(H,64,72)(H,65,79)(H,77,78)(H4,55,56,57)/t29-,30+,37-,38-,39-,40-,41-,42-,43-,44-/m0/s1. The van der Waals surface area contributed by atoms with Gasteiger partial charge in [-0.05, 0) is 29.2 Å². The van der Waals surface area contributed by atoms with Gasteiger partial charge in [0.1, 0.15) is 12.6 Å². The summed E-state index contributed by atoms with van der Waals surface area (Å²) in [6, 6.07) is 11.9. The first-order valence-corrected chi connectivity index (χ1v) is 28.3. The Hall–Kier alpha value is -7.68. The molecule has 0 heterocycles. The summed E-state index contributed by atoms with van der Waals surface area (Å²) in [5.41, 5.74) is 15.0. The van der Waals surface area contributed by atoms with Crippen molar-refractivity contribution in [1.29, 1.82) is 0 Å². The van der Waals surface area contributed by atoms with Gasteiger partial charge in [-0.25, -0.2) is 9.59 Å². The molecule has 0 aromatic heterocycles. The number of fused-ring (bicyclic) bond motifs is 3. The molecule has 10 atom stereocenters. The van der Waals surface area contributed by atoms with Crippen LogP contribution in [0.25, 0.3) is 11.1 Å². The second-order valence-electron chi connectivity index (χ2n) is 19.6.